The first-order valence-electron chi connectivity index (χ1n) is 7.36. The van der Waals surface area contributed by atoms with Crippen LogP contribution in [0.25, 0.3) is 0 Å². The molecule has 0 saturated carbocycles. The van der Waals surface area contributed by atoms with Gasteiger partial charge in [0.15, 0.2) is 0 Å². The van der Waals surface area contributed by atoms with Gasteiger partial charge in [-0.15, -0.1) is 0 Å². The molecule has 1 N–H and O–H groups in total. The van der Waals surface area contributed by atoms with Gasteiger partial charge in [-0.2, -0.15) is 0 Å². The normalized spacial score (nSPS) is 23.2. The molecule has 5 nitrogen and oxygen atoms in total. The zero-order chi connectivity index (χ0) is 14.7. The van der Waals surface area contributed by atoms with Crippen LogP contribution in [-0.4, -0.2) is 62.8 Å². The van der Waals surface area contributed by atoms with E-state index in [1.54, 1.807) is 0 Å². The Morgan fingerprint density at radius 3 is 2.67 bits per heavy atom. The second-order valence-electron chi connectivity index (χ2n) is 5.33. The number of hydrogen-bond donors (Lipinski definition) is 1. The minimum atomic E-state index is -0.328. The number of ether oxygens (including phenoxy) is 1. The van der Waals surface area contributed by atoms with Gasteiger partial charge in [0.25, 0.3) is 5.91 Å². The summed E-state index contributed by atoms with van der Waals surface area (Å²) in [6.45, 7) is 5.07. The monoisotopic (exact) mass is 309 g/mol. The zero-order valence-electron chi connectivity index (χ0n) is 11.9. The van der Waals surface area contributed by atoms with Crippen molar-refractivity contribution in [2.45, 2.75) is 6.10 Å². The van der Waals surface area contributed by atoms with Gasteiger partial charge < -0.3 is 19.9 Å². The fourth-order valence-electron chi connectivity index (χ4n) is 2.80. The number of nitrogens with one attached hydrogen (secondary N) is 1. The first-order chi connectivity index (χ1) is 10.3. The molecule has 0 unspecified atom stereocenters. The second kappa shape index (κ2) is 6.64. The summed E-state index contributed by atoms with van der Waals surface area (Å²) in [5.74, 6) is 0.0982. The Morgan fingerprint density at radius 1 is 1.24 bits per heavy atom. The number of piperazine rings is 1. The van der Waals surface area contributed by atoms with Crippen molar-refractivity contribution in [2.24, 2.45) is 0 Å². The number of para-hydroxylation sites is 1. The average molecular weight is 310 g/mol. The molecule has 1 aromatic carbocycles. The molecule has 1 atom stereocenters. The molecular weight excluding hydrogens is 290 g/mol. The molecule has 114 valence electrons. The van der Waals surface area contributed by atoms with Crippen molar-refractivity contribution in [3.8, 4) is 0 Å². The lowest BCUT2D eigenvalue weighted by atomic mass is 10.2. The Balaban J connectivity index is 1.57. The van der Waals surface area contributed by atoms with Crippen molar-refractivity contribution in [1.29, 1.82) is 0 Å². The first kappa shape index (κ1) is 14.6. The number of benzene rings is 1. The predicted octanol–water partition coefficient (Wildman–Crippen LogP) is 0.977. The van der Waals surface area contributed by atoms with E-state index in [-0.39, 0.29) is 12.0 Å². The maximum atomic E-state index is 12.4. The second-order valence-corrected chi connectivity index (χ2v) is 5.73. The molecule has 2 heterocycles. The summed E-state index contributed by atoms with van der Waals surface area (Å²) in [7, 11) is 0. The SMILES string of the molecule is O=C([C@H]1CNCCO1)N1CCN(c2ccccc2Cl)CC1. The number of morpholine rings is 1. The molecule has 6 heteroatoms. The van der Waals surface area contributed by atoms with Crippen LogP contribution in [-0.2, 0) is 9.53 Å². The highest BCUT2D eigenvalue weighted by atomic mass is 35.5. The summed E-state index contributed by atoms with van der Waals surface area (Å²) in [4.78, 5) is 16.5. The van der Waals surface area contributed by atoms with Gasteiger partial charge in [-0.3, -0.25) is 4.79 Å². The number of amides is 1. The van der Waals surface area contributed by atoms with Crippen LogP contribution in [0.4, 0.5) is 5.69 Å². The van der Waals surface area contributed by atoms with Crippen LogP contribution in [0.15, 0.2) is 24.3 Å². The van der Waals surface area contributed by atoms with E-state index in [0.29, 0.717) is 26.2 Å². The van der Waals surface area contributed by atoms with Gasteiger partial charge in [-0.1, -0.05) is 23.7 Å². The third kappa shape index (κ3) is 3.31. The molecule has 3 rings (SSSR count). The largest absolute Gasteiger partial charge is 0.367 e. The molecule has 2 aliphatic heterocycles. The third-order valence-corrected chi connectivity index (χ3v) is 4.31. The quantitative estimate of drug-likeness (QED) is 0.884. The number of anilines is 1. The summed E-state index contributed by atoms with van der Waals surface area (Å²) in [5, 5.41) is 3.96. The maximum Gasteiger partial charge on any atom is 0.253 e. The fourth-order valence-corrected chi connectivity index (χ4v) is 3.06. The predicted molar refractivity (Wildman–Crippen MR) is 82.9 cm³/mol. The summed E-state index contributed by atoms with van der Waals surface area (Å²) in [5.41, 5.74) is 1.04. The van der Waals surface area contributed by atoms with Crippen molar-refractivity contribution >= 4 is 23.2 Å². The molecule has 1 aromatic rings. The molecule has 0 bridgehead atoms. The average Bonchev–Trinajstić information content (AvgIpc) is 2.56. The van der Waals surface area contributed by atoms with Crippen molar-refractivity contribution in [3.05, 3.63) is 29.3 Å². The Bertz CT molecular complexity index is 497. The lowest BCUT2D eigenvalue weighted by Crippen LogP contribution is -2.55. The molecule has 2 saturated heterocycles. The highest BCUT2D eigenvalue weighted by Gasteiger charge is 2.29. The molecule has 1 amide bonds. The number of hydrogen-bond acceptors (Lipinski definition) is 4. The Kier molecular flexibility index (Phi) is 4.63. The highest BCUT2D eigenvalue weighted by molar-refractivity contribution is 6.33. The molecular formula is C15H20ClN3O2. The first-order valence-corrected chi connectivity index (χ1v) is 7.74. The van der Waals surface area contributed by atoms with Gasteiger partial charge in [0, 0.05) is 39.3 Å². The van der Waals surface area contributed by atoms with Crippen LogP contribution in [0.1, 0.15) is 0 Å². The smallest absolute Gasteiger partial charge is 0.253 e. The van der Waals surface area contributed by atoms with Crippen LogP contribution in [0.2, 0.25) is 5.02 Å². The van der Waals surface area contributed by atoms with Gasteiger partial charge in [0.2, 0.25) is 0 Å². The maximum absolute atomic E-state index is 12.4. The topological polar surface area (TPSA) is 44.8 Å². The number of rotatable bonds is 2. The lowest BCUT2D eigenvalue weighted by Gasteiger charge is -2.38. The van der Waals surface area contributed by atoms with Gasteiger partial charge in [-0.25, -0.2) is 0 Å². The molecule has 21 heavy (non-hydrogen) atoms. The van der Waals surface area contributed by atoms with Crippen molar-refractivity contribution < 1.29 is 9.53 Å². The summed E-state index contributed by atoms with van der Waals surface area (Å²) in [6.07, 6.45) is -0.328. The van der Waals surface area contributed by atoms with E-state index < -0.39 is 0 Å². The lowest BCUT2D eigenvalue weighted by molar-refractivity contribution is -0.145. The van der Waals surface area contributed by atoms with Crippen LogP contribution < -0.4 is 10.2 Å². The van der Waals surface area contributed by atoms with E-state index in [1.807, 2.05) is 29.2 Å². The van der Waals surface area contributed by atoms with Crippen LogP contribution in [0.5, 0.6) is 0 Å². The van der Waals surface area contributed by atoms with Crippen LogP contribution in [0.3, 0.4) is 0 Å². The minimum absolute atomic E-state index is 0.0982. The Labute approximate surface area is 129 Å². The van der Waals surface area contributed by atoms with E-state index in [4.69, 9.17) is 16.3 Å². The van der Waals surface area contributed by atoms with Gasteiger partial charge in [0.1, 0.15) is 6.10 Å². The molecule has 2 fully saturated rings. The third-order valence-electron chi connectivity index (χ3n) is 3.99. The number of carbonyl (C=O) groups is 1. The van der Waals surface area contributed by atoms with Gasteiger partial charge >= 0.3 is 0 Å². The molecule has 0 aromatic heterocycles. The standard InChI is InChI=1S/C15H20ClN3O2/c16-12-3-1-2-4-13(12)18-6-8-19(9-7-18)15(20)14-11-17-5-10-21-14/h1-4,14,17H,5-11H2/t14-/m1/s1. The van der Waals surface area contributed by atoms with Crippen LogP contribution in [0, 0.1) is 0 Å². The van der Waals surface area contributed by atoms with Crippen molar-refractivity contribution in [3.63, 3.8) is 0 Å². The summed E-state index contributed by atoms with van der Waals surface area (Å²) >= 11 is 6.23. The molecule has 0 spiro atoms. The zero-order valence-corrected chi connectivity index (χ0v) is 12.7. The Hall–Kier alpha value is -1.30. The fraction of sp³-hybridized carbons (Fsp3) is 0.533. The van der Waals surface area contributed by atoms with Crippen molar-refractivity contribution in [1.82, 2.24) is 10.2 Å². The van der Waals surface area contributed by atoms with E-state index >= 15 is 0 Å². The molecule has 2 aliphatic rings. The van der Waals surface area contributed by atoms with Gasteiger partial charge in [0.05, 0.1) is 17.3 Å². The van der Waals surface area contributed by atoms with E-state index in [9.17, 15) is 4.79 Å². The number of carbonyl (C=O) groups excluding carboxylic acids is 1. The summed E-state index contributed by atoms with van der Waals surface area (Å²) in [6, 6.07) is 7.84. The molecule has 0 radical (unpaired) electrons. The molecule has 0 aliphatic carbocycles. The van der Waals surface area contributed by atoms with Gasteiger partial charge in [-0.05, 0) is 12.1 Å². The summed E-state index contributed by atoms with van der Waals surface area (Å²) < 4.78 is 5.54. The Morgan fingerprint density at radius 2 is 2.00 bits per heavy atom. The highest BCUT2D eigenvalue weighted by Crippen LogP contribution is 2.26. The number of halogens is 1. The van der Waals surface area contributed by atoms with E-state index in [0.717, 1.165) is 30.3 Å². The van der Waals surface area contributed by atoms with Crippen molar-refractivity contribution in [2.75, 3.05) is 50.8 Å². The minimum Gasteiger partial charge on any atom is -0.367 e. The van der Waals surface area contributed by atoms with Crippen LogP contribution >= 0.6 is 11.6 Å². The van der Waals surface area contributed by atoms with E-state index in [1.165, 1.54) is 0 Å². The number of nitrogens with zero attached hydrogens (tertiary/aromatic N) is 2. The van der Waals surface area contributed by atoms with E-state index in [2.05, 4.69) is 10.2 Å².